The van der Waals surface area contributed by atoms with E-state index in [-0.39, 0.29) is 0 Å². The first-order chi connectivity index (χ1) is 4.88. The van der Waals surface area contributed by atoms with Crippen molar-refractivity contribution < 1.29 is 0 Å². The van der Waals surface area contributed by atoms with Gasteiger partial charge in [-0.1, -0.05) is 17.3 Å². The van der Waals surface area contributed by atoms with E-state index in [1.165, 1.54) is 4.09 Å². The monoisotopic (exact) mass is 150 g/mol. The van der Waals surface area contributed by atoms with Crippen LogP contribution in [0.25, 0.3) is 11.0 Å². The van der Waals surface area contributed by atoms with Crippen LogP contribution in [0.2, 0.25) is 0 Å². The van der Waals surface area contributed by atoms with Crippen molar-refractivity contribution in [3.8, 4) is 0 Å². The third-order valence-corrected chi connectivity index (χ3v) is 1.59. The zero-order valence-electron chi connectivity index (χ0n) is 5.06. The summed E-state index contributed by atoms with van der Waals surface area (Å²) in [7, 11) is 0. The SMILES string of the molecule is [S-]n1nnc2ccccc21. The second-order valence-electron chi connectivity index (χ2n) is 1.95. The van der Waals surface area contributed by atoms with Gasteiger partial charge in [0.2, 0.25) is 0 Å². The molecule has 2 aromatic rings. The van der Waals surface area contributed by atoms with Gasteiger partial charge in [-0.25, -0.2) is 0 Å². The van der Waals surface area contributed by atoms with Gasteiger partial charge in [0.15, 0.2) is 0 Å². The van der Waals surface area contributed by atoms with Gasteiger partial charge in [-0.3, -0.25) is 0 Å². The molecule has 3 nitrogen and oxygen atoms in total. The Labute approximate surface area is 63.2 Å². The van der Waals surface area contributed by atoms with Gasteiger partial charge in [0.05, 0.1) is 5.52 Å². The fraction of sp³-hybridized carbons (Fsp3) is 0. The molecule has 0 atom stereocenters. The normalized spacial score (nSPS) is 10.4. The van der Waals surface area contributed by atoms with Crippen molar-refractivity contribution in [2.24, 2.45) is 0 Å². The van der Waals surface area contributed by atoms with E-state index in [9.17, 15) is 0 Å². The molecule has 2 rings (SSSR count). The second-order valence-corrected chi connectivity index (χ2v) is 2.30. The summed E-state index contributed by atoms with van der Waals surface area (Å²) < 4.78 is 1.34. The lowest BCUT2D eigenvalue weighted by atomic mass is 10.3. The molecule has 0 spiro atoms. The molecule has 0 radical (unpaired) electrons. The first-order valence-corrected chi connectivity index (χ1v) is 3.22. The van der Waals surface area contributed by atoms with Crippen LogP contribution in [0.4, 0.5) is 0 Å². The number of hydrogen-bond acceptors (Lipinski definition) is 3. The standard InChI is InChI=1S/C6H4N3S/c10-9-6-4-2-1-3-5(6)7-8-9/h1-4H/q-1. The van der Waals surface area contributed by atoms with E-state index in [0.29, 0.717) is 0 Å². The minimum atomic E-state index is 0.845. The number of benzene rings is 1. The van der Waals surface area contributed by atoms with Gasteiger partial charge in [0, 0.05) is 0 Å². The summed E-state index contributed by atoms with van der Waals surface area (Å²) in [6.45, 7) is 0. The Hall–Kier alpha value is -1.16. The van der Waals surface area contributed by atoms with Crippen molar-refractivity contribution in [2.45, 2.75) is 0 Å². The molecule has 0 saturated heterocycles. The van der Waals surface area contributed by atoms with E-state index in [0.717, 1.165) is 11.0 Å². The summed E-state index contributed by atoms with van der Waals surface area (Å²) in [5, 5.41) is 7.50. The molecule has 1 heterocycles. The van der Waals surface area contributed by atoms with Crippen molar-refractivity contribution >= 4 is 23.8 Å². The summed E-state index contributed by atoms with van der Waals surface area (Å²) >= 11 is 4.83. The summed E-state index contributed by atoms with van der Waals surface area (Å²) in [6, 6.07) is 7.59. The van der Waals surface area contributed by atoms with Crippen LogP contribution in [0.5, 0.6) is 0 Å². The molecule has 0 N–H and O–H groups in total. The van der Waals surface area contributed by atoms with Crippen LogP contribution in [0.1, 0.15) is 0 Å². The molecule has 0 bridgehead atoms. The fourth-order valence-corrected chi connectivity index (χ4v) is 1.04. The van der Waals surface area contributed by atoms with Gasteiger partial charge < -0.3 is 16.9 Å². The van der Waals surface area contributed by atoms with Gasteiger partial charge in [-0.15, -0.1) is 5.10 Å². The van der Waals surface area contributed by atoms with E-state index < -0.39 is 0 Å². The van der Waals surface area contributed by atoms with Crippen molar-refractivity contribution in [3.05, 3.63) is 24.3 Å². The summed E-state index contributed by atoms with van der Waals surface area (Å²) in [4.78, 5) is 0. The van der Waals surface area contributed by atoms with E-state index >= 15 is 0 Å². The molecule has 50 valence electrons. The Morgan fingerprint density at radius 3 is 2.90 bits per heavy atom. The molecule has 0 unspecified atom stereocenters. The summed E-state index contributed by atoms with van der Waals surface area (Å²) in [5.41, 5.74) is 1.73. The van der Waals surface area contributed by atoms with Crippen LogP contribution in [0.3, 0.4) is 0 Å². The lowest BCUT2D eigenvalue weighted by Crippen LogP contribution is -1.86. The second kappa shape index (κ2) is 1.91. The Balaban J connectivity index is 2.93. The molecule has 0 fully saturated rings. The smallest absolute Gasteiger partial charge is 0.111 e. The minimum absolute atomic E-state index is 0.845. The van der Waals surface area contributed by atoms with Crippen molar-refractivity contribution in [3.63, 3.8) is 0 Å². The maximum atomic E-state index is 4.83. The van der Waals surface area contributed by atoms with Gasteiger partial charge in [0.25, 0.3) is 0 Å². The maximum absolute atomic E-state index is 4.83. The number of fused-ring (bicyclic) bond motifs is 1. The number of para-hydroxylation sites is 1. The van der Waals surface area contributed by atoms with Crippen LogP contribution >= 0.6 is 0 Å². The molecule has 0 aliphatic heterocycles. The van der Waals surface area contributed by atoms with Crippen molar-refractivity contribution in [1.82, 2.24) is 14.4 Å². The van der Waals surface area contributed by atoms with Crippen molar-refractivity contribution in [1.29, 1.82) is 0 Å². The van der Waals surface area contributed by atoms with Gasteiger partial charge >= 0.3 is 0 Å². The van der Waals surface area contributed by atoms with Crippen LogP contribution in [-0.2, 0) is 12.8 Å². The first kappa shape index (κ1) is 5.61. The highest BCUT2D eigenvalue weighted by Crippen LogP contribution is 2.07. The zero-order chi connectivity index (χ0) is 6.97. The van der Waals surface area contributed by atoms with E-state index in [4.69, 9.17) is 12.8 Å². The zero-order valence-corrected chi connectivity index (χ0v) is 5.88. The van der Waals surface area contributed by atoms with E-state index in [1.54, 1.807) is 0 Å². The third kappa shape index (κ3) is 0.657. The van der Waals surface area contributed by atoms with Crippen LogP contribution in [0, 0.1) is 0 Å². The predicted molar refractivity (Wildman–Crippen MR) is 40.3 cm³/mol. The Morgan fingerprint density at radius 2 is 2.10 bits per heavy atom. The van der Waals surface area contributed by atoms with Crippen LogP contribution < -0.4 is 0 Å². The molecular weight excluding hydrogens is 146 g/mol. The van der Waals surface area contributed by atoms with Crippen molar-refractivity contribution in [2.75, 3.05) is 0 Å². The number of aromatic nitrogens is 3. The van der Waals surface area contributed by atoms with E-state index in [2.05, 4.69) is 10.3 Å². The summed E-state index contributed by atoms with van der Waals surface area (Å²) in [6.07, 6.45) is 0. The number of rotatable bonds is 0. The Bertz CT molecular complexity index is 355. The molecule has 10 heavy (non-hydrogen) atoms. The van der Waals surface area contributed by atoms with Crippen LogP contribution in [0.15, 0.2) is 24.3 Å². The van der Waals surface area contributed by atoms with Gasteiger partial charge in [0.1, 0.15) is 5.52 Å². The average Bonchev–Trinajstić information content (AvgIpc) is 2.34. The highest BCUT2D eigenvalue weighted by Gasteiger charge is 1.92. The topological polar surface area (TPSA) is 30.7 Å². The molecule has 4 heteroatoms. The number of nitrogens with zero attached hydrogens (tertiary/aromatic N) is 3. The predicted octanol–water partition coefficient (Wildman–Crippen LogP) is 0.741. The molecule has 1 aromatic carbocycles. The quantitative estimate of drug-likeness (QED) is 0.519. The molecule has 0 aliphatic carbocycles. The Morgan fingerprint density at radius 1 is 1.30 bits per heavy atom. The maximum Gasteiger partial charge on any atom is 0.111 e. The molecule has 0 saturated carbocycles. The lowest BCUT2D eigenvalue weighted by molar-refractivity contribution is 0.915. The molecule has 0 aliphatic rings. The highest BCUT2D eigenvalue weighted by atomic mass is 32.1. The largest absolute Gasteiger partial charge is 0.664 e. The van der Waals surface area contributed by atoms with Crippen LogP contribution in [-0.4, -0.2) is 14.4 Å². The van der Waals surface area contributed by atoms with Gasteiger partial charge in [-0.05, 0) is 12.1 Å². The fourth-order valence-electron chi connectivity index (χ4n) is 0.847. The van der Waals surface area contributed by atoms with E-state index in [1.807, 2.05) is 24.3 Å². The summed E-state index contributed by atoms with van der Waals surface area (Å²) in [5.74, 6) is 0. The highest BCUT2D eigenvalue weighted by molar-refractivity contribution is 7.57. The van der Waals surface area contributed by atoms with Gasteiger partial charge in [-0.2, -0.15) is 0 Å². The molecule has 1 aromatic heterocycles. The lowest BCUT2D eigenvalue weighted by Gasteiger charge is -2.01. The Kier molecular flexibility index (Phi) is 1.07. The molecular formula is C6H4N3S-. The number of hydrogen-bond donors (Lipinski definition) is 0. The average molecular weight is 150 g/mol. The molecule has 0 amide bonds. The minimum Gasteiger partial charge on any atom is -0.664 e. The first-order valence-electron chi connectivity index (χ1n) is 2.86. The third-order valence-electron chi connectivity index (χ3n) is 1.32.